The number of benzene rings is 2. The summed E-state index contributed by atoms with van der Waals surface area (Å²) < 4.78 is 20.0. The first-order valence-corrected chi connectivity index (χ1v) is 16.6. The molecule has 4 rings (SSSR count). The van der Waals surface area contributed by atoms with Gasteiger partial charge in [0.15, 0.2) is 5.78 Å². The molecular weight excluding hydrogens is 559 g/mol. The van der Waals surface area contributed by atoms with Gasteiger partial charge in [0.25, 0.3) is 0 Å². The summed E-state index contributed by atoms with van der Waals surface area (Å²) in [5.74, 6) is 1.22. The average molecular weight is 613 g/mol. The number of H-pyrrole nitrogens is 1. The van der Waals surface area contributed by atoms with Crippen molar-refractivity contribution in [1.82, 2.24) is 10.2 Å². The summed E-state index contributed by atoms with van der Waals surface area (Å²) in [4.78, 5) is 13.6. The number of Topliss-reactive ketones (excluding diaryl/α,β-unsaturated/α-hetero) is 1. The zero-order valence-corrected chi connectivity index (χ0v) is 28.9. The highest BCUT2D eigenvalue weighted by Gasteiger charge is 2.30. The molecule has 1 aromatic heterocycles. The lowest BCUT2D eigenvalue weighted by atomic mass is 9.82. The van der Waals surface area contributed by atoms with E-state index in [4.69, 9.17) is 16.3 Å². The van der Waals surface area contributed by atoms with Crippen LogP contribution in [0.5, 0.6) is 5.75 Å². The molecular formula is C37H54ClFN2O2. The van der Waals surface area contributed by atoms with Gasteiger partial charge in [-0.15, -0.1) is 0 Å². The molecule has 2 heterocycles. The van der Waals surface area contributed by atoms with Crippen LogP contribution in [0.2, 0.25) is 5.02 Å². The lowest BCUT2D eigenvalue weighted by Crippen LogP contribution is -2.29. The van der Waals surface area contributed by atoms with Crippen molar-refractivity contribution in [2.75, 3.05) is 6.61 Å². The topological polar surface area (TPSA) is 55.0 Å². The molecule has 2 unspecified atom stereocenters. The molecule has 238 valence electrons. The van der Waals surface area contributed by atoms with Crippen LogP contribution in [0.25, 0.3) is 16.7 Å². The molecule has 2 aromatic carbocycles. The Kier molecular flexibility index (Phi) is 17.8. The highest BCUT2D eigenvalue weighted by Crippen LogP contribution is 2.36. The van der Waals surface area contributed by atoms with Gasteiger partial charge in [0, 0.05) is 10.6 Å². The van der Waals surface area contributed by atoms with Crippen LogP contribution < -0.4 is 4.74 Å². The van der Waals surface area contributed by atoms with E-state index in [1.54, 1.807) is 6.07 Å². The van der Waals surface area contributed by atoms with E-state index in [9.17, 15) is 9.18 Å². The number of nitrogens with zero attached hydrogens (tertiary/aromatic N) is 1. The first-order chi connectivity index (χ1) is 20.7. The molecule has 0 saturated carbocycles. The van der Waals surface area contributed by atoms with Gasteiger partial charge in [0.2, 0.25) is 5.95 Å². The lowest BCUT2D eigenvalue weighted by Gasteiger charge is -2.26. The number of nitrogens with one attached hydrogen (secondary N) is 1. The lowest BCUT2D eigenvalue weighted by molar-refractivity contribution is -0.118. The third kappa shape index (κ3) is 10.6. The number of fused-ring (bicyclic) bond motifs is 1. The van der Waals surface area contributed by atoms with Gasteiger partial charge >= 0.3 is 0 Å². The fraction of sp³-hybridized carbons (Fsp3) is 0.514. The van der Waals surface area contributed by atoms with Gasteiger partial charge in [-0.05, 0) is 72.1 Å². The second-order valence-electron chi connectivity index (χ2n) is 10.5. The zero-order valence-electron chi connectivity index (χ0n) is 28.1. The third-order valence-corrected chi connectivity index (χ3v) is 7.96. The van der Waals surface area contributed by atoms with Gasteiger partial charge in [-0.1, -0.05) is 117 Å². The minimum absolute atomic E-state index is 0.0462. The molecule has 0 amide bonds. The van der Waals surface area contributed by atoms with Crippen molar-refractivity contribution in [3.63, 3.8) is 0 Å². The molecule has 0 saturated heterocycles. The molecule has 3 atom stereocenters. The monoisotopic (exact) mass is 612 g/mol. The van der Waals surface area contributed by atoms with Crippen LogP contribution in [-0.4, -0.2) is 22.6 Å². The number of halogens is 2. The third-order valence-electron chi connectivity index (χ3n) is 7.72. The van der Waals surface area contributed by atoms with E-state index in [0.717, 1.165) is 40.3 Å². The number of allylic oxidation sites excluding steroid dienone is 2. The molecule has 0 radical (unpaired) electrons. The molecule has 43 heavy (non-hydrogen) atoms. The van der Waals surface area contributed by atoms with Crippen molar-refractivity contribution in [1.29, 1.82) is 0 Å². The largest absolute Gasteiger partial charge is 0.493 e. The summed E-state index contributed by atoms with van der Waals surface area (Å²) in [5, 5.41) is 6.77. The first-order valence-electron chi connectivity index (χ1n) is 16.2. The van der Waals surface area contributed by atoms with Crippen molar-refractivity contribution >= 4 is 23.0 Å². The van der Waals surface area contributed by atoms with Crippen molar-refractivity contribution in [3.8, 4) is 16.9 Å². The summed E-state index contributed by atoms with van der Waals surface area (Å²) in [6.45, 7) is 21.2. The van der Waals surface area contributed by atoms with Crippen LogP contribution in [0.1, 0.15) is 118 Å². The summed E-state index contributed by atoms with van der Waals surface area (Å²) in [6, 6.07) is 11.3. The van der Waals surface area contributed by atoms with E-state index in [-0.39, 0.29) is 17.6 Å². The number of carbonyl (C=O) groups is 1. The van der Waals surface area contributed by atoms with Crippen LogP contribution in [0.15, 0.2) is 48.7 Å². The molecule has 3 aromatic rings. The van der Waals surface area contributed by atoms with E-state index in [1.165, 1.54) is 25.5 Å². The Bertz CT molecular complexity index is 1280. The normalized spacial score (nSPS) is 15.2. The van der Waals surface area contributed by atoms with Crippen molar-refractivity contribution in [2.45, 2.75) is 107 Å². The molecule has 1 aliphatic heterocycles. The Hall–Kier alpha value is -2.92. The van der Waals surface area contributed by atoms with Gasteiger partial charge in [0.05, 0.1) is 24.3 Å². The Morgan fingerprint density at radius 2 is 1.79 bits per heavy atom. The highest BCUT2D eigenvalue weighted by molar-refractivity contribution is 6.30. The number of aromatic amines is 1. The smallest absolute Gasteiger partial charge is 0.216 e. The van der Waals surface area contributed by atoms with E-state index >= 15 is 0 Å². The molecule has 0 aliphatic carbocycles. The second kappa shape index (κ2) is 20.1. The van der Waals surface area contributed by atoms with Gasteiger partial charge in [-0.3, -0.25) is 9.89 Å². The van der Waals surface area contributed by atoms with E-state index in [0.29, 0.717) is 29.2 Å². The quantitative estimate of drug-likeness (QED) is 0.244. The predicted molar refractivity (Wildman–Crippen MR) is 183 cm³/mol. The summed E-state index contributed by atoms with van der Waals surface area (Å²) >= 11 is 6.14. The maximum Gasteiger partial charge on any atom is 0.216 e. The number of aromatic nitrogens is 2. The molecule has 0 fully saturated rings. The summed E-state index contributed by atoms with van der Waals surface area (Å²) in [5.41, 5.74) is 4.68. The number of ketones is 1. The van der Waals surface area contributed by atoms with Gasteiger partial charge in [-0.2, -0.15) is 9.49 Å². The van der Waals surface area contributed by atoms with Gasteiger partial charge < -0.3 is 4.74 Å². The number of hydrogen-bond acceptors (Lipinski definition) is 3. The average Bonchev–Trinajstić information content (AvgIpc) is 3.48. The molecule has 0 spiro atoms. The second-order valence-corrected chi connectivity index (χ2v) is 11.0. The maximum absolute atomic E-state index is 14.1. The van der Waals surface area contributed by atoms with Crippen molar-refractivity contribution in [2.24, 2.45) is 11.8 Å². The standard InChI is InChI=1S/C26H26ClFN2O2.C7H16.2C2H6/c1-4-15(3)22-12-16(23-13-29-30-26(23)28)6-8-21(22)20(5-2)25(31)18-10-17-11-19(27)7-9-24(17)32-14-18;1-4-6-7(3)5-2;2*1-2/h5-9,11-13,15,18H,4,10,14H2,1-3H3,(H,29,30);7H,4-6H2,1-3H3;2*1-2H3/b20-5+;;;/t;7-;;/m.1../s1. The molecule has 1 N–H and O–H groups in total. The molecule has 1 aliphatic rings. The van der Waals surface area contributed by atoms with E-state index in [1.807, 2.05) is 71.0 Å². The van der Waals surface area contributed by atoms with Gasteiger partial charge in [-0.25, -0.2) is 0 Å². The van der Waals surface area contributed by atoms with E-state index in [2.05, 4.69) is 44.8 Å². The number of rotatable bonds is 9. The number of hydrogen-bond donors (Lipinski definition) is 1. The Labute approximate surface area is 265 Å². The molecule has 4 nitrogen and oxygen atoms in total. The maximum atomic E-state index is 14.1. The fourth-order valence-corrected chi connectivity index (χ4v) is 5.15. The van der Waals surface area contributed by atoms with Crippen LogP contribution in [-0.2, 0) is 11.2 Å². The Morgan fingerprint density at radius 3 is 2.33 bits per heavy atom. The Morgan fingerprint density at radius 1 is 1.09 bits per heavy atom. The molecule has 0 bridgehead atoms. The molecule has 6 heteroatoms. The number of carbonyl (C=O) groups excluding carboxylic acids is 1. The highest BCUT2D eigenvalue weighted by atomic mass is 35.5. The minimum atomic E-state index is -0.466. The van der Waals surface area contributed by atoms with Crippen LogP contribution in [0.4, 0.5) is 4.39 Å². The first kappa shape index (κ1) is 38.1. The predicted octanol–water partition coefficient (Wildman–Crippen LogP) is 11.5. The SMILES string of the molecule is C/C=C(/C(=O)C1COc2ccc(Cl)cc2C1)c1ccc(-c2cn[nH]c2F)cc1C(C)CC.CC.CC.CCC[C@H](C)CC. The summed E-state index contributed by atoms with van der Waals surface area (Å²) in [7, 11) is 0. The van der Waals surface area contributed by atoms with Crippen molar-refractivity contribution in [3.05, 3.63) is 76.3 Å². The Balaban J connectivity index is 0.000000730. The van der Waals surface area contributed by atoms with Crippen LogP contribution in [0, 0.1) is 17.8 Å². The van der Waals surface area contributed by atoms with Gasteiger partial charge in [0.1, 0.15) is 5.75 Å². The minimum Gasteiger partial charge on any atom is -0.493 e. The van der Waals surface area contributed by atoms with E-state index < -0.39 is 5.95 Å². The van der Waals surface area contributed by atoms with Crippen LogP contribution >= 0.6 is 11.6 Å². The number of ether oxygens (including phenoxy) is 1. The van der Waals surface area contributed by atoms with Crippen LogP contribution in [0.3, 0.4) is 0 Å². The fourth-order valence-electron chi connectivity index (χ4n) is 4.95. The summed E-state index contributed by atoms with van der Waals surface area (Å²) in [6.07, 6.45) is 8.92. The zero-order chi connectivity index (χ0) is 32.5. The van der Waals surface area contributed by atoms with Crippen molar-refractivity contribution < 1.29 is 13.9 Å².